The first-order chi connectivity index (χ1) is 9.48. The molecule has 3 unspecified atom stereocenters. The summed E-state index contributed by atoms with van der Waals surface area (Å²) in [5, 5.41) is 8.61. The fraction of sp³-hybridized carbons (Fsp3) is 0.533. The Morgan fingerprint density at radius 3 is 2.75 bits per heavy atom. The summed E-state index contributed by atoms with van der Waals surface area (Å²) in [6, 6.07) is 8.65. The second kappa shape index (κ2) is 5.84. The van der Waals surface area contributed by atoms with Crippen LogP contribution in [0.1, 0.15) is 26.2 Å². The zero-order chi connectivity index (χ0) is 14.8. The van der Waals surface area contributed by atoms with Gasteiger partial charge in [-0.25, -0.2) is 8.42 Å². The summed E-state index contributed by atoms with van der Waals surface area (Å²) in [6.45, 7) is 2.04. The summed E-state index contributed by atoms with van der Waals surface area (Å²) in [5.41, 5.74) is 0. The highest BCUT2D eigenvalue weighted by Crippen LogP contribution is 2.36. The van der Waals surface area contributed by atoms with Crippen molar-refractivity contribution in [3.63, 3.8) is 0 Å². The third kappa shape index (κ3) is 2.80. The van der Waals surface area contributed by atoms with Crippen LogP contribution in [0.15, 0.2) is 29.2 Å². The highest BCUT2D eigenvalue weighted by Gasteiger charge is 2.39. The van der Waals surface area contributed by atoms with E-state index in [-0.39, 0.29) is 4.90 Å². The Labute approximate surface area is 120 Å². The number of hydrogen-bond donors (Lipinski definition) is 0. The van der Waals surface area contributed by atoms with Gasteiger partial charge in [-0.05, 0) is 43.4 Å². The van der Waals surface area contributed by atoms with Gasteiger partial charge >= 0.3 is 0 Å². The predicted octanol–water partition coefficient (Wildman–Crippen LogP) is 2.80. The summed E-state index contributed by atoms with van der Waals surface area (Å²) in [5.74, 6) is 0.441. The Morgan fingerprint density at radius 1 is 1.35 bits per heavy atom. The lowest BCUT2D eigenvalue weighted by Gasteiger charge is -2.30. The van der Waals surface area contributed by atoms with Crippen molar-refractivity contribution in [1.82, 2.24) is 0 Å². The molecule has 2 rings (SSSR count). The Bertz CT molecular complexity index is 618. The molecule has 1 aromatic rings. The number of nitriles is 1. The third-order valence-corrected chi connectivity index (χ3v) is 6.22. The highest BCUT2D eigenvalue weighted by molar-refractivity contribution is 7.92. The van der Waals surface area contributed by atoms with Crippen LogP contribution < -0.4 is 4.74 Å². The van der Waals surface area contributed by atoms with E-state index in [4.69, 9.17) is 4.74 Å². The maximum atomic E-state index is 12.8. The van der Waals surface area contributed by atoms with Crippen LogP contribution in [-0.4, -0.2) is 20.8 Å². The lowest BCUT2D eigenvalue weighted by molar-refractivity contribution is 0.334. The molecular weight excluding hydrogens is 274 g/mol. The lowest BCUT2D eigenvalue weighted by Crippen LogP contribution is -2.35. The quantitative estimate of drug-likeness (QED) is 0.859. The van der Waals surface area contributed by atoms with Gasteiger partial charge in [0.25, 0.3) is 0 Å². The Hall–Kier alpha value is -1.54. The molecule has 0 saturated heterocycles. The number of rotatable bonds is 3. The van der Waals surface area contributed by atoms with Gasteiger partial charge in [-0.15, -0.1) is 0 Å². The molecule has 0 spiro atoms. The maximum absolute atomic E-state index is 12.8. The normalized spacial score (nSPS) is 26.8. The van der Waals surface area contributed by atoms with Crippen molar-refractivity contribution in [2.75, 3.05) is 7.11 Å². The van der Waals surface area contributed by atoms with Crippen molar-refractivity contribution >= 4 is 9.84 Å². The molecule has 1 fully saturated rings. The zero-order valence-electron chi connectivity index (χ0n) is 11.7. The van der Waals surface area contributed by atoms with Gasteiger partial charge in [0.15, 0.2) is 9.84 Å². The smallest absolute Gasteiger partial charge is 0.182 e. The summed E-state index contributed by atoms with van der Waals surface area (Å²) >= 11 is 0. The van der Waals surface area contributed by atoms with E-state index in [1.54, 1.807) is 18.2 Å². The molecule has 0 bridgehead atoms. The van der Waals surface area contributed by atoms with E-state index in [1.165, 1.54) is 13.2 Å². The molecule has 3 atom stereocenters. The van der Waals surface area contributed by atoms with E-state index in [0.29, 0.717) is 24.5 Å². The molecule has 1 aliphatic rings. The van der Waals surface area contributed by atoms with Gasteiger partial charge in [-0.1, -0.05) is 13.0 Å². The van der Waals surface area contributed by atoms with E-state index >= 15 is 0 Å². The number of benzene rings is 1. The maximum Gasteiger partial charge on any atom is 0.182 e. The van der Waals surface area contributed by atoms with Crippen LogP contribution >= 0.6 is 0 Å². The fourth-order valence-corrected chi connectivity index (χ4v) is 4.88. The van der Waals surface area contributed by atoms with E-state index in [9.17, 15) is 13.7 Å². The first-order valence-corrected chi connectivity index (χ1v) is 8.31. The van der Waals surface area contributed by atoms with Gasteiger partial charge in [0.2, 0.25) is 0 Å². The largest absolute Gasteiger partial charge is 0.497 e. The van der Waals surface area contributed by atoms with Crippen molar-refractivity contribution in [1.29, 1.82) is 5.26 Å². The minimum atomic E-state index is -3.49. The van der Waals surface area contributed by atoms with Gasteiger partial charge in [0.05, 0.1) is 29.2 Å². The van der Waals surface area contributed by atoms with Crippen LogP contribution in [0, 0.1) is 23.2 Å². The van der Waals surface area contributed by atoms with E-state index < -0.39 is 21.0 Å². The molecule has 0 aliphatic heterocycles. The summed E-state index contributed by atoms with van der Waals surface area (Å²) < 4.78 is 30.6. The lowest BCUT2D eigenvalue weighted by atomic mass is 9.83. The predicted molar refractivity (Wildman–Crippen MR) is 76.1 cm³/mol. The molecule has 0 radical (unpaired) electrons. The van der Waals surface area contributed by atoms with Gasteiger partial charge < -0.3 is 4.74 Å². The number of nitrogens with zero attached hydrogens (tertiary/aromatic N) is 1. The van der Waals surface area contributed by atoms with Crippen molar-refractivity contribution in [3.8, 4) is 11.8 Å². The molecule has 20 heavy (non-hydrogen) atoms. The molecule has 4 nitrogen and oxygen atoms in total. The number of hydrogen-bond acceptors (Lipinski definition) is 4. The van der Waals surface area contributed by atoms with Gasteiger partial charge in [-0.3, -0.25) is 0 Å². The SMILES string of the molecule is COc1cccc(S(=O)(=O)C2CC(C)CCC2C#N)c1. The second-order valence-corrected chi connectivity index (χ2v) is 7.58. The summed E-state index contributed by atoms with van der Waals surface area (Å²) in [6.07, 6.45) is 2.13. The topological polar surface area (TPSA) is 67.2 Å². The third-order valence-electron chi connectivity index (χ3n) is 3.99. The minimum Gasteiger partial charge on any atom is -0.497 e. The van der Waals surface area contributed by atoms with Crippen LogP contribution in [0.2, 0.25) is 0 Å². The number of methoxy groups -OCH3 is 1. The van der Waals surface area contributed by atoms with Gasteiger partial charge in [0.1, 0.15) is 5.75 Å². The molecule has 1 aromatic carbocycles. The molecule has 1 saturated carbocycles. The van der Waals surface area contributed by atoms with Crippen molar-refractivity contribution in [2.45, 2.75) is 36.3 Å². The number of ether oxygens (including phenoxy) is 1. The number of sulfone groups is 1. The van der Waals surface area contributed by atoms with E-state index in [1.807, 2.05) is 6.92 Å². The van der Waals surface area contributed by atoms with Crippen LogP contribution in [0.4, 0.5) is 0 Å². The Balaban J connectivity index is 2.39. The average Bonchev–Trinajstić information content (AvgIpc) is 2.47. The van der Waals surface area contributed by atoms with Crippen molar-refractivity contribution < 1.29 is 13.2 Å². The van der Waals surface area contributed by atoms with Crippen molar-refractivity contribution in [2.24, 2.45) is 11.8 Å². The first kappa shape index (κ1) is 14.9. The Morgan fingerprint density at radius 2 is 2.10 bits per heavy atom. The molecule has 0 amide bonds. The molecular formula is C15H19NO3S. The first-order valence-electron chi connectivity index (χ1n) is 6.76. The Kier molecular flexibility index (Phi) is 4.34. The van der Waals surface area contributed by atoms with Crippen LogP contribution in [-0.2, 0) is 9.84 Å². The summed E-state index contributed by atoms with van der Waals surface area (Å²) in [7, 11) is -1.98. The molecule has 0 heterocycles. The molecule has 1 aliphatic carbocycles. The molecule has 0 N–H and O–H groups in total. The standard InChI is InChI=1S/C15H19NO3S/c1-11-6-7-12(10-16)15(8-11)20(17,18)14-5-3-4-13(9-14)19-2/h3-5,9,11-12,15H,6-8H2,1-2H3. The molecule has 5 heteroatoms. The molecule has 108 valence electrons. The zero-order valence-corrected chi connectivity index (χ0v) is 12.6. The van der Waals surface area contributed by atoms with Gasteiger partial charge in [-0.2, -0.15) is 5.26 Å². The summed E-state index contributed by atoms with van der Waals surface area (Å²) in [4.78, 5) is 0.246. The van der Waals surface area contributed by atoms with Crippen LogP contribution in [0.5, 0.6) is 5.75 Å². The minimum absolute atomic E-state index is 0.246. The van der Waals surface area contributed by atoms with E-state index in [0.717, 1.165) is 6.42 Å². The van der Waals surface area contributed by atoms with Crippen molar-refractivity contribution in [3.05, 3.63) is 24.3 Å². The van der Waals surface area contributed by atoms with Crippen LogP contribution in [0.3, 0.4) is 0 Å². The average molecular weight is 293 g/mol. The second-order valence-electron chi connectivity index (χ2n) is 5.42. The van der Waals surface area contributed by atoms with E-state index in [2.05, 4.69) is 6.07 Å². The monoisotopic (exact) mass is 293 g/mol. The molecule has 0 aromatic heterocycles. The fourth-order valence-electron chi connectivity index (χ4n) is 2.77. The highest BCUT2D eigenvalue weighted by atomic mass is 32.2. The van der Waals surface area contributed by atoms with Crippen LogP contribution in [0.25, 0.3) is 0 Å². The van der Waals surface area contributed by atoms with Gasteiger partial charge in [0, 0.05) is 0 Å².